The van der Waals surface area contributed by atoms with Crippen molar-refractivity contribution in [2.45, 2.75) is 39.3 Å². The van der Waals surface area contributed by atoms with Gasteiger partial charge in [-0.1, -0.05) is 31.2 Å². The lowest BCUT2D eigenvalue weighted by atomic mass is 10.1. The Morgan fingerprint density at radius 2 is 1.82 bits per heavy atom. The molecule has 4 aromatic rings. The minimum Gasteiger partial charge on any atom is -0.302 e. The fourth-order valence-corrected chi connectivity index (χ4v) is 5.74. The molecule has 178 valence electrons. The number of imidazole rings is 1. The van der Waals surface area contributed by atoms with Crippen molar-refractivity contribution in [3.8, 4) is 0 Å². The number of hydrogen-bond acceptors (Lipinski definition) is 5. The van der Waals surface area contributed by atoms with Crippen molar-refractivity contribution < 1.29 is 4.21 Å². The molecular weight excluding hydrogens is 446 g/mol. The van der Waals surface area contributed by atoms with Crippen LogP contribution in [0.4, 0.5) is 0 Å². The molecule has 0 N–H and O–H groups in total. The molecule has 34 heavy (non-hydrogen) atoms. The first-order valence-electron chi connectivity index (χ1n) is 12.0. The van der Waals surface area contributed by atoms with E-state index in [9.17, 15) is 9.00 Å². The van der Waals surface area contributed by atoms with Gasteiger partial charge >= 0.3 is 5.69 Å². The zero-order chi connectivity index (χ0) is 23.7. The van der Waals surface area contributed by atoms with Gasteiger partial charge in [-0.05, 0) is 43.3 Å². The molecule has 1 aromatic carbocycles. The molecule has 2 aliphatic rings. The van der Waals surface area contributed by atoms with Gasteiger partial charge in [0, 0.05) is 59.2 Å². The normalized spacial score (nSPS) is 17.1. The van der Waals surface area contributed by atoms with Crippen molar-refractivity contribution in [1.82, 2.24) is 24.0 Å². The second-order valence-corrected chi connectivity index (χ2v) is 10.7. The first-order valence-corrected chi connectivity index (χ1v) is 13.5. The van der Waals surface area contributed by atoms with Gasteiger partial charge in [0.05, 0.1) is 29.5 Å². The van der Waals surface area contributed by atoms with E-state index in [-0.39, 0.29) is 5.69 Å². The molecule has 0 radical (unpaired) electrons. The van der Waals surface area contributed by atoms with Crippen molar-refractivity contribution in [3.63, 3.8) is 0 Å². The number of hydrogen-bond donors (Lipinski definition) is 0. The highest BCUT2D eigenvalue weighted by atomic mass is 32.2. The summed E-state index contributed by atoms with van der Waals surface area (Å²) >= 11 is 0. The first kappa shape index (κ1) is 22.9. The summed E-state index contributed by atoms with van der Waals surface area (Å²) < 4.78 is 14.5. The predicted molar refractivity (Wildman–Crippen MR) is 138 cm³/mol. The van der Waals surface area contributed by atoms with E-state index in [4.69, 9.17) is 0 Å². The summed E-state index contributed by atoms with van der Waals surface area (Å²) in [7, 11) is -0.504. The van der Waals surface area contributed by atoms with Crippen LogP contribution in [0.15, 0.2) is 53.7 Å². The molecule has 0 bridgehead atoms. The van der Waals surface area contributed by atoms with E-state index in [1.807, 2.05) is 33.5 Å². The molecule has 1 saturated heterocycles. The zero-order valence-electron chi connectivity index (χ0n) is 19.8. The number of fused-ring (bicyclic) bond motifs is 2. The quantitative estimate of drug-likeness (QED) is 0.450. The monoisotopic (exact) mass is 477 g/mol. The lowest BCUT2D eigenvalue weighted by molar-refractivity contribution is 0.316. The van der Waals surface area contributed by atoms with Crippen LogP contribution in [0.25, 0.3) is 21.8 Å². The highest BCUT2D eigenvalue weighted by Gasteiger charge is 2.29. The Hall–Kier alpha value is -2.84. The molecule has 0 unspecified atom stereocenters. The Bertz CT molecular complexity index is 1400. The number of aryl methyl sites for hydroxylation is 1. The molecule has 7 nitrogen and oxygen atoms in total. The zero-order valence-corrected chi connectivity index (χ0v) is 20.6. The molecule has 2 fully saturated rings. The third-order valence-corrected chi connectivity index (χ3v) is 8.14. The molecule has 0 atom stereocenters. The fourth-order valence-electron chi connectivity index (χ4n) is 4.62. The summed E-state index contributed by atoms with van der Waals surface area (Å²) in [6, 6.07) is 10.5. The Morgan fingerprint density at radius 3 is 2.56 bits per heavy atom. The van der Waals surface area contributed by atoms with Crippen LogP contribution in [0.1, 0.15) is 37.1 Å². The van der Waals surface area contributed by atoms with Crippen molar-refractivity contribution in [3.05, 3.63) is 70.7 Å². The van der Waals surface area contributed by atoms with Gasteiger partial charge in [0.2, 0.25) is 0 Å². The lowest BCUT2D eigenvalue weighted by Gasteiger charge is -2.23. The van der Waals surface area contributed by atoms with Crippen LogP contribution in [0, 0.1) is 6.92 Å². The summed E-state index contributed by atoms with van der Waals surface area (Å²) in [4.78, 5) is 24.2. The van der Waals surface area contributed by atoms with Crippen LogP contribution < -0.4 is 5.69 Å². The highest BCUT2D eigenvalue weighted by molar-refractivity contribution is 7.85. The van der Waals surface area contributed by atoms with Gasteiger partial charge in [-0.15, -0.1) is 0 Å². The predicted octanol–water partition coefficient (Wildman–Crippen LogP) is 3.51. The van der Waals surface area contributed by atoms with Crippen LogP contribution >= 0.6 is 0 Å². The van der Waals surface area contributed by atoms with Gasteiger partial charge in [0.1, 0.15) is 0 Å². The number of rotatable bonds is 4. The molecule has 1 saturated carbocycles. The van der Waals surface area contributed by atoms with Crippen LogP contribution in [-0.4, -0.2) is 59.4 Å². The van der Waals surface area contributed by atoms with Gasteiger partial charge < -0.3 is 4.90 Å². The minimum atomic E-state index is -0.504. The summed E-state index contributed by atoms with van der Waals surface area (Å²) in [6.07, 6.45) is 7.58. The van der Waals surface area contributed by atoms with Gasteiger partial charge in [0.15, 0.2) is 0 Å². The molecule has 8 heteroatoms. The largest absolute Gasteiger partial charge is 0.329 e. The van der Waals surface area contributed by atoms with E-state index < -0.39 is 10.8 Å². The smallest absolute Gasteiger partial charge is 0.302 e. The topological polar surface area (TPSA) is 73.0 Å². The molecule has 6 rings (SSSR count). The van der Waals surface area contributed by atoms with Crippen molar-refractivity contribution in [2.24, 2.45) is 0 Å². The maximum Gasteiger partial charge on any atom is 0.329 e. The van der Waals surface area contributed by atoms with Crippen molar-refractivity contribution >= 4 is 32.6 Å². The average molecular weight is 478 g/mol. The second kappa shape index (κ2) is 9.80. The first-order chi connectivity index (χ1) is 16.6. The second-order valence-electron chi connectivity index (χ2n) is 9.03. The van der Waals surface area contributed by atoms with Crippen LogP contribution in [0.2, 0.25) is 0 Å². The van der Waals surface area contributed by atoms with Gasteiger partial charge in [-0.3, -0.25) is 23.3 Å². The molecular formula is C26H31N5O2S. The van der Waals surface area contributed by atoms with E-state index in [0.717, 1.165) is 71.7 Å². The lowest BCUT2D eigenvalue weighted by Crippen LogP contribution is -2.37. The summed E-state index contributed by atoms with van der Waals surface area (Å²) in [5, 5.41) is 2.31. The van der Waals surface area contributed by atoms with E-state index in [0.29, 0.717) is 12.6 Å². The standard InChI is InChI=1S/C20H18N4O.C6H13NOS/c1-13-16-5-3-2-4-14(16)10-22-17(13)12-23-19-11-21-9-8-18(19)24(20(23)25)15-6-7-15;1-2-7-3-5-9(8)6-4-7/h2-5,8-11,15H,6-7,12H2,1H3;2-6H2,1H3. The van der Waals surface area contributed by atoms with Crippen molar-refractivity contribution in [2.75, 3.05) is 31.1 Å². The number of pyridine rings is 2. The molecule has 4 heterocycles. The van der Waals surface area contributed by atoms with Gasteiger partial charge in [-0.25, -0.2) is 4.79 Å². The Labute approximate surface area is 201 Å². The Kier molecular flexibility index (Phi) is 6.61. The molecule has 0 amide bonds. The molecule has 1 aliphatic heterocycles. The molecule has 3 aromatic heterocycles. The molecule has 1 aliphatic carbocycles. The molecule has 0 spiro atoms. The van der Waals surface area contributed by atoms with Gasteiger partial charge in [0.25, 0.3) is 0 Å². The highest BCUT2D eigenvalue weighted by Crippen LogP contribution is 2.36. The summed E-state index contributed by atoms with van der Waals surface area (Å²) in [5.41, 5.74) is 3.95. The van der Waals surface area contributed by atoms with E-state index in [1.165, 1.54) is 5.39 Å². The maximum absolute atomic E-state index is 13.0. The van der Waals surface area contributed by atoms with Crippen LogP contribution in [-0.2, 0) is 17.3 Å². The Morgan fingerprint density at radius 1 is 1.06 bits per heavy atom. The number of aromatic nitrogens is 4. The summed E-state index contributed by atoms with van der Waals surface area (Å²) in [5.74, 6) is 1.77. The Balaban J connectivity index is 0.000000227. The third-order valence-electron chi connectivity index (χ3n) is 6.86. The van der Waals surface area contributed by atoms with Gasteiger partial charge in [-0.2, -0.15) is 0 Å². The maximum atomic E-state index is 13.0. The van der Waals surface area contributed by atoms with Crippen molar-refractivity contribution in [1.29, 1.82) is 0 Å². The van der Waals surface area contributed by atoms with E-state index in [1.54, 1.807) is 12.4 Å². The van der Waals surface area contributed by atoms with Crippen LogP contribution in [0.5, 0.6) is 0 Å². The summed E-state index contributed by atoms with van der Waals surface area (Å²) in [6.45, 7) is 7.86. The van der Waals surface area contributed by atoms with E-state index in [2.05, 4.69) is 40.8 Å². The van der Waals surface area contributed by atoms with E-state index >= 15 is 0 Å². The minimum absolute atomic E-state index is 0.0415. The third kappa shape index (κ3) is 4.57. The number of benzene rings is 1. The van der Waals surface area contributed by atoms with Crippen LogP contribution in [0.3, 0.4) is 0 Å². The fraction of sp³-hybridized carbons (Fsp3) is 0.423. The average Bonchev–Trinajstić information content (AvgIpc) is 3.66. The number of nitrogens with zero attached hydrogens (tertiary/aromatic N) is 5. The SMILES string of the molecule is CCN1CCS(=O)CC1.Cc1c(Cn2c(=O)n(C3CC3)c3ccncc32)ncc2ccccc12.